The molecule has 0 aliphatic heterocycles. The van der Waals surface area contributed by atoms with E-state index in [2.05, 4.69) is 5.32 Å². The monoisotopic (exact) mass is 228 g/mol. The molecule has 0 aromatic carbocycles. The summed E-state index contributed by atoms with van der Waals surface area (Å²) in [6.45, 7) is 1.80. The molecule has 0 fully saturated rings. The summed E-state index contributed by atoms with van der Waals surface area (Å²) in [6, 6.07) is 3.44. The molecule has 1 atom stereocenters. The van der Waals surface area contributed by atoms with Crippen molar-refractivity contribution in [3.05, 3.63) is 34.2 Å². The maximum Gasteiger partial charge on any atom is 0.255 e. The Labute approximate surface area is 92.9 Å². The first-order valence-electron chi connectivity index (χ1n) is 4.58. The lowest BCUT2D eigenvalue weighted by atomic mass is 10.2. The number of alkyl halides is 1. The Morgan fingerprint density at radius 1 is 1.67 bits per heavy atom. The summed E-state index contributed by atoms with van der Waals surface area (Å²) in [7, 11) is 1.66. The topological polar surface area (TPSA) is 51.1 Å². The predicted molar refractivity (Wildman–Crippen MR) is 58.8 cm³/mol. The molecule has 1 N–H and O–H groups in total. The second-order valence-corrected chi connectivity index (χ2v) is 3.94. The van der Waals surface area contributed by atoms with Gasteiger partial charge in [0.15, 0.2) is 0 Å². The lowest BCUT2D eigenvalue weighted by Gasteiger charge is -2.06. The van der Waals surface area contributed by atoms with Gasteiger partial charge in [-0.15, -0.1) is 11.6 Å². The molecule has 0 spiro atoms. The van der Waals surface area contributed by atoms with Crippen molar-refractivity contribution >= 4 is 17.5 Å². The molecule has 0 aliphatic rings. The molecule has 0 saturated heterocycles. The minimum Gasteiger partial charge on any atom is -0.351 e. The molecule has 0 aliphatic carbocycles. The molecule has 1 amide bonds. The van der Waals surface area contributed by atoms with Crippen molar-refractivity contribution in [3.8, 4) is 0 Å². The van der Waals surface area contributed by atoms with Crippen LogP contribution in [-0.4, -0.2) is 15.9 Å². The van der Waals surface area contributed by atoms with Gasteiger partial charge in [-0.05, 0) is 13.0 Å². The highest BCUT2D eigenvalue weighted by atomic mass is 35.5. The Morgan fingerprint density at radius 2 is 2.33 bits per heavy atom. The Balaban J connectivity index is 2.70. The van der Waals surface area contributed by atoms with Crippen LogP contribution in [0.25, 0.3) is 0 Å². The summed E-state index contributed by atoms with van der Waals surface area (Å²) in [5.41, 5.74) is 0.436. The molecule has 1 heterocycles. The van der Waals surface area contributed by atoms with Gasteiger partial charge in [0.2, 0.25) is 5.91 Å². The summed E-state index contributed by atoms with van der Waals surface area (Å²) < 4.78 is 1.46. The van der Waals surface area contributed by atoms with Gasteiger partial charge < -0.3 is 9.88 Å². The number of aromatic nitrogens is 1. The number of amides is 1. The first-order valence-corrected chi connectivity index (χ1v) is 5.02. The van der Waals surface area contributed by atoms with Crippen molar-refractivity contribution in [2.45, 2.75) is 18.8 Å². The van der Waals surface area contributed by atoms with Crippen LogP contribution in [-0.2, 0) is 18.4 Å². The first kappa shape index (κ1) is 11.8. The van der Waals surface area contributed by atoms with E-state index in [1.54, 1.807) is 32.3 Å². The van der Waals surface area contributed by atoms with Crippen LogP contribution in [0.5, 0.6) is 0 Å². The fraction of sp³-hybridized carbons (Fsp3) is 0.400. The Kier molecular flexibility index (Phi) is 3.91. The van der Waals surface area contributed by atoms with E-state index >= 15 is 0 Å². The van der Waals surface area contributed by atoms with Gasteiger partial charge in [-0.1, -0.05) is 6.07 Å². The van der Waals surface area contributed by atoms with Gasteiger partial charge in [-0.3, -0.25) is 9.59 Å². The first-order chi connectivity index (χ1) is 7.02. The van der Waals surface area contributed by atoms with Crippen molar-refractivity contribution in [1.29, 1.82) is 0 Å². The fourth-order valence-corrected chi connectivity index (χ4v) is 1.19. The van der Waals surface area contributed by atoms with E-state index in [-0.39, 0.29) is 18.0 Å². The average molecular weight is 229 g/mol. The van der Waals surface area contributed by atoms with Gasteiger partial charge in [-0.25, -0.2) is 0 Å². The molecule has 0 saturated carbocycles. The lowest BCUT2D eigenvalue weighted by Crippen LogP contribution is -2.32. The van der Waals surface area contributed by atoms with Gasteiger partial charge in [0, 0.05) is 25.4 Å². The minimum absolute atomic E-state index is 0.111. The number of hydrogen-bond acceptors (Lipinski definition) is 2. The standard InChI is InChI=1S/C10H13ClN2O2/c1-7(11)9(14)12-6-8-4-3-5-13(2)10(8)15/h3-5,7H,6H2,1-2H3,(H,12,14). The van der Waals surface area contributed by atoms with Crippen LogP contribution >= 0.6 is 11.6 Å². The van der Waals surface area contributed by atoms with Gasteiger partial charge >= 0.3 is 0 Å². The smallest absolute Gasteiger partial charge is 0.255 e. The van der Waals surface area contributed by atoms with Crippen LogP contribution in [0.15, 0.2) is 23.1 Å². The lowest BCUT2D eigenvalue weighted by molar-refractivity contribution is -0.120. The van der Waals surface area contributed by atoms with Crippen LogP contribution < -0.4 is 10.9 Å². The maximum atomic E-state index is 11.5. The molecular formula is C10H13ClN2O2. The number of nitrogens with zero attached hydrogens (tertiary/aromatic N) is 1. The summed E-state index contributed by atoms with van der Waals surface area (Å²) >= 11 is 5.57. The van der Waals surface area contributed by atoms with Gasteiger partial charge in [0.25, 0.3) is 5.56 Å². The molecule has 1 aromatic heterocycles. The SMILES string of the molecule is CC(Cl)C(=O)NCc1cccn(C)c1=O. The molecule has 5 heteroatoms. The van der Waals surface area contributed by atoms with Crippen molar-refractivity contribution < 1.29 is 4.79 Å². The molecule has 4 nitrogen and oxygen atoms in total. The Morgan fingerprint density at radius 3 is 2.93 bits per heavy atom. The van der Waals surface area contributed by atoms with Crippen LogP contribution in [0, 0.1) is 0 Å². The van der Waals surface area contributed by atoms with Crippen molar-refractivity contribution in [3.63, 3.8) is 0 Å². The van der Waals surface area contributed by atoms with E-state index in [9.17, 15) is 9.59 Å². The third kappa shape index (κ3) is 3.09. The summed E-state index contributed by atoms with van der Waals surface area (Å²) in [5, 5.41) is 2.00. The molecule has 15 heavy (non-hydrogen) atoms. The van der Waals surface area contributed by atoms with E-state index in [1.807, 2.05) is 0 Å². The normalized spacial score (nSPS) is 12.2. The van der Waals surface area contributed by atoms with Crippen LogP contribution in [0.1, 0.15) is 12.5 Å². The third-order valence-corrected chi connectivity index (χ3v) is 2.21. The molecule has 1 rings (SSSR count). The van der Waals surface area contributed by atoms with E-state index in [0.717, 1.165) is 0 Å². The minimum atomic E-state index is -0.586. The van der Waals surface area contributed by atoms with E-state index in [1.165, 1.54) is 4.57 Å². The molecular weight excluding hydrogens is 216 g/mol. The number of carbonyl (C=O) groups is 1. The highest BCUT2D eigenvalue weighted by Crippen LogP contribution is 1.95. The number of carbonyl (C=O) groups excluding carboxylic acids is 1. The summed E-state index contributed by atoms with van der Waals surface area (Å²) in [6.07, 6.45) is 1.66. The number of aryl methyl sites for hydroxylation is 1. The van der Waals surface area contributed by atoms with Crippen molar-refractivity contribution in [2.75, 3.05) is 0 Å². The van der Waals surface area contributed by atoms with Gasteiger partial charge in [0.1, 0.15) is 5.38 Å². The molecule has 82 valence electrons. The number of nitrogens with one attached hydrogen (secondary N) is 1. The van der Waals surface area contributed by atoms with Crippen LogP contribution in [0.3, 0.4) is 0 Å². The van der Waals surface area contributed by atoms with E-state index < -0.39 is 5.38 Å². The molecule has 1 unspecified atom stereocenters. The van der Waals surface area contributed by atoms with Gasteiger partial charge in [0.05, 0.1) is 0 Å². The average Bonchev–Trinajstić information content (AvgIpc) is 2.19. The Bertz CT molecular complexity index is 412. The summed E-state index contributed by atoms with van der Waals surface area (Å²) in [5.74, 6) is -0.275. The van der Waals surface area contributed by atoms with E-state index in [4.69, 9.17) is 11.6 Å². The quantitative estimate of drug-likeness (QED) is 0.772. The molecule has 1 aromatic rings. The second kappa shape index (κ2) is 4.98. The summed E-state index contributed by atoms with van der Waals surface area (Å²) in [4.78, 5) is 22.7. The van der Waals surface area contributed by atoms with E-state index in [0.29, 0.717) is 5.56 Å². The number of hydrogen-bond donors (Lipinski definition) is 1. The van der Waals surface area contributed by atoms with Gasteiger partial charge in [-0.2, -0.15) is 0 Å². The Hall–Kier alpha value is -1.29. The van der Waals surface area contributed by atoms with Crippen molar-refractivity contribution in [1.82, 2.24) is 9.88 Å². The van der Waals surface area contributed by atoms with Crippen LogP contribution in [0.2, 0.25) is 0 Å². The zero-order valence-corrected chi connectivity index (χ0v) is 9.41. The fourth-order valence-electron chi connectivity index (χ4n) is 1.11. The maximum absolute atomic E-state index is 11.5. The van der Waals surface area contributed by atoms with Crippen LogP contribution in [0.4, 0.5) is 0 Å². The highest BCUT2D eigenvalue weighted by Gasteiger charge is 2.09. The molecule has 0 radical (unpaired) electrons. The van der Waals surface area contributed by atoms with Crippen molar-refractivity contribution in [2.24, 2.45) is 7.05 Å². The largest absolute Gasteiger partial charge is 0.351 e. The predicted octanol–water partition coefficient (Wildman–Crippen LogP) is 0.629. The highest BCUT2D eigenvalue weighted by molar-refractivity contribution is 6.30. The third-order valence-electron chi connectivity index (χ3n) is 2.02. The zero-order chi connectivity index (χ0) is 11.4. The number of halogens is 1. The number of rotatable bonds is 3. The zero-order valence-electron chi connectivity index (χ0n) is 8.66. The number of pyridine rings is 1. The second-order valence-electron chi connectivity index (χ2n) is 3.28. The molecule has 0 bridgehead atoms.